The molecule has 1 fully saturated rings. The summed E-state index contributed by atoms with van der Waals surface area (Å²) in [5, 5.41) is 1.27. The lowest BCUT2D eigenvalue weighted by Crippen LogP contribution is -2.47. The first-order valence-corrected chi connectivity index (χ1v) is 12.1. The predicted octanol–water partition coefficient (Wildman–Crippen LogP) is 2.73. The molecule has 156 valence electrons. The molecule has 0 amide bonds. The second-order valence-corrected chi connectivity index (χ2v) is 10.3. The number of rotatable bonds is 5. The van der Waals surface area contributed by atoms with Crippen LogP contribution in [0.3, 0.4) is 0 Å². The van der Waals surface area contributed by atoms with Gasteiger partial charge in [-0.2, -0.15) is 4.31 Å². The van der Waals surface area contributed by atoms with Crippen molar-refractivity contribution >= 4 is 33.4 Å². The number of nitrogens with zero attached hydrogens (tertiary/aromatic N) is 3. The van der Waals surface area contributed by atoms with E-state index in [1.165, 1.54) is 22.3 Å². The van der Waals surface area contributed by atoms with Crippen LogP contribution in [0.25, 0.3) is 0 Å². The molecular formula is C19H22ClN3O4S2. The van der Waals surface area contributed by atoms with Crippen molar-refractivity contribution in [3.63, 3.8) is 0 Å². The lowest BCUT2D eigenvalue weighted by molar-refractivity contribution is 0.171. The van der Waals surface area contributed by atoms with E-state index in [9.17, 15) is 8.42 Å². The highest BCUT2D eigenvalue weighted by atomic mass is 35.5. The average Bonchev–Trinajstić information content (AvgIpc) is 2.73. The van der Waals surface area contributed by atoms with Crippen molar-refractivity contribution in [1.29, 1.82) is 0 Å². The average molecular weight is 456 g/mol. The zero-order chi connectivity index (χ0) is 20.4. The first-order valence-electron chi connectivity index (χ1n) is 9.29. The number of aromatic nitrogens is 1. The summed E-state index contributed by atoms with van der Waals surface area (Å²) >= 11 is 7.79. The van der Waals surface area contributed by atoms with Gasteiger partial charge < -0.3 is 14.4 Å². The molecule has 4 rings (SSSR count). The fourth-order valence-corrected chi connectivity index (χ4v) is 5.62. The van der Waals surface area contributed by atoms with Gasteiger partial charge in [0.2, 0.25) is 10.0 Å². The number of halogens is 1. The fourth-order valence-electron chi connectivity index (χ4n) is 3.19. The Morgan fingerprint density at radius 1 is 1.14 bits per heavy atom. The number of hydrogen-bond acceptors (Lipinski definition) is 7. The summed E-state index contributed by atoms with van der Waals surface area (Å²) in [6.45, 7) is 3.47. The molecule has 10 heteroatoms. The molecule has 2 aliphatic rings. The SMILES string of the molecule is CN1CCN(S(=O)(=O)c2ccc(SCc3cc(Cl)c4c(c3)OCCO4)nc2)CC1. The maximum atomic E-state index is 12.8. The summed E-state index contributed by atoms with van der Waals surface area (Å²) in [5.74, 6) is 1.87. The molecular weight excluding hydrogens is 434 g/mol. The summed E-state index contributed by atoms with van der Waals surface area (Å²) in [6.07, 6.45) is 1.44. The van der Waals surface area contributed by atoms with Gasteiger partial charge in [-0.15, -0.1) is 11.8 Å². The third-order valence-electron chi connectivity index (χ3n) is 4.85. The summed E-state index contributed by atoms with van der Waals surface area (Å²) < 4.78 is 38.2. The standard InChI is InChI=1S/C19H22ClN3O4S2/c1-22-4-6-23(7-5-22)29(24,25)15-2-3-18(21-12-15)28-13-14-10-16(20)19-17(11-14)26-8-9-27-19/h2-3,10-12H,4-9,13H2,1H3. The van der Waals surface area contributed by atoms with E-state index < -0.39 is 10.0 Å². The van der Waals surface area contributed by atoms with Gasteiger partial charge in [0.15, 0.2) is 11.5 Å². The van der Waals surface area contributed by atoms with Crippen molar-refractivity contribution in [2.24, 2.45) is 0 Å². The highest BCUT2D eigenvalue weighted by molar-refractivity contribution is 7.98. The topological polar surface area (TPSA) is 72.0 Å². The summed E-state index contributed by atoms with van der Waals surface area (Å²) in [5.41, 5.74) is 0.986. The number of sulfonamides is 1. The Bertz CT molecular complexity index is 978. The summed E-state index contributed by atoms with van der Waals surface area (Å²) in [7, 11) is -1.51. The Kier molecular flexibility index (Phi) is 6.21. The van der Waals surface area contributed by atoms with Gasteiger partial charge in [0, 0.05) is 38.1 Å². The van der Waals surface area contributed by atoms with E-state index in [2.05, 4.69) is 9.88 Å². The third kappa shape index (κ3) is 4.64. The van der Waals surface area contributed by atoms with Crippen molar-refractivity contribution in [3.8, 4) is 11.5 Å². The second-order valence-electron chi connectivity index (χ2n) is 6.93. The first-order chi connectivity index (χ1) is 13.9. The number of ether oxygens (including phenoxy) is 2. The summed E-state index contributed by atoms with van der Waals surface area (Å²) in [4.78, 5) is 6.69. The minimum Gasteiger partial charge on any atom is -0.486 e. The lowest BCUT2D eigenvalue weighted by atomic mass is 10.2. The maximum absolute atomic E-state index is 12.8. The number of pyridine rings is 1. The number of likely N-dealkylation sites (N-methyl/N-ethyl adjacent to an activating group) is 1. The maximum Gasteiger partial charge on any atom is 0.244 e. The fraction of sp³-hybridized carbons (Fsp3) is 0.421. The van der Waals surface area contributed by atoms with Gasteiger partial charge in [0.25, 0.3) is 0 Å². The van der Waals surface area contributed by atoms with E-state index >= 15 is 0 Å². The molecule has 0 radical (unpaired) electrons. The molecule has 0 aliphatic carbocycles. The van der Waals surface area contributed by atoms with E-state index in [1.807, 2.05) is 19.2 Å². The smallest absolute Gasteiger partial charge is 0.244 e. The van der Waals surface area contributed by atoms with Crippen LogP contribution in [0.2, 0.25) is 5.02 Å². The third-order valence-corrected chi connectivity index (χ3v) is 8.03. The minimum atomic E-state index is -3.50. The van der Waals surface area contributed by atoms with Gasteiger partial charge in [-0.1, -0.05) is 11.6 Å². The number of piperazine rings is 1. The van der Waals surface area contributed by atoms with Crippen LogP contribution >= 0.6 is 23.4 Å². The molecule has 0 saturated carbocycles. The van der Waals surface area contributed by atoms with Gasteiger partial charge in [-0.3, -0.25) is 0 Å². The van der Waals surface area contributed by atoms with Gasteiger partial charge >= 0.3 is 0 Å². The van der Waals surface area contributed by atoms with Crippen molar-refractivity contribution in [2.75, 3.05) is 46.4 Å². The Morgan fingerprint density at radius 3 is 2.62 bits per heavy atom. The molecule has 0 spiro atoms. The van der Waals surface area contributed by atoms with Crippen molar-refractivity contribution in [3.05, 3.63) is 41.0 Å². The van der Waals surface area contributed by atoms with Gasteiger partial charge in [0.05, 0.1) is 10.0 Å². The first kappa shape index (κ1) is 20.7. The van der Waals surface area contributed by atoms with Crippen LogP contribution in [0.1, 0.15) is 5.56 Å². The molecule has 1 aromatic heterocycles. The van der Waals surface area contributed by atoms with Crippen molar-refractivity contribution in [2.45, 2.75) is 15.7 Å². The van der Waals surface area contributed by atoms with E-state index in [-0.39, 0.29) is 4.90 Å². The molecule has 1 aromatic carbocycles. The normalized spacial score (nSPS) is 18.0. The number of thioether (sulfide) groups is 1. The van der Waals surface area contributed by atoms with Crippen molar-refractivity contribution < 1.29 is 17.9 Å². The minimum absolute atomic E-state index is 0.230. The highest BCUT2D eigenvalue weighted by Gasteiger charge is 2.27. The molecule has 29 heavy (non-hydrogen) atoms. The Hall–Kier alpha value is -1.52. The highest BCUT2D eigenvalue weighted by Crippen LogP contribution is 2.39. The Labute approximate surface area is 180 Å². The molecule has 0 unspecified atom stereocenters. The molecule has 0 atom stereocenters. The Morgan fingerprint density at radius 2 is 1.90 bits per heavy atom. The Balaban J connectivity index is 1.42. The predicted molar refractivity (Wildman–Crippen MR) is 112 cm³/mol. The number of fused-ring (bicyclic) bond motifs is 1. The number of benzene rings is 1. The molecule has 1 saturated heterocycles. The molecule has 0 bridgehead atoms. The van der Waals surface area contributed by atoms with Crippen LogP contribution in [0.15, 0.2) is 40.4 Å². The largest absolute Gasteiger partial charge is 0.486 e. The van der Waals surface area contributed by atoms with Crippen LogP contribution in [0.5, 0.6) is 11.5 Å². The van der Waals surface area contributed by atoms with E-state index in [0.29, 0.717) is 48.6 Å². The van der Waals surface area contributed by atoms with Gasteiger partial charge in [-0.05, 0) is 36.9 Å². The van der Waals surface area contributed by atoms with Crippen LogP contribution in [-0.4, -0.2) is 69.0 Å². The monoisotopic (exact) mass is 455 g/mol. The van der Waals surface area contributed by atoms with Gasteiger partial charge in [0.1, 0.15) is 18.1 Å². The zero-order valence-corrected chi connectivity index (χ0v) is 18.4. The van der Waals surface area contributed by atoms with Crippen molar-refractivity contribution in [1.82, 2.24) is 14.2 Å². The molecule has 0 N–H and O–H groups in total. The molecule has 3 heterocycles. The van der Waals surface area contributed by atoms with Crippen LogP contribution in [0, 0.1) is 0 Å². The quantitative estimate of drug-likeness (QED) is 0.642. The van der Waals surface area contributed by atoms with Crippen LogP contribution in [-0.2, 0) is 15.8 Å². The van der Waals surface area contributed by atoms with E-state index in [0.717, 1.165) is 23.7 Å². The lowest BCUT2D eigenvalue weighted by Gasteiger charge is -2.31. The molecule has 2 aliphatic heterocycles. The van der Waals surface area contributed by atoms with Gasteiger partial charge in [-0.25, -0.2) is 13.4 Å². The molecule has 7 nitrogen and oxygen atoms in total. The summed E-state index contributed by atoms with van der Waals surface area (Å²) in [6, 6.07) is 7.14. The zero-order valence-electron chi connectivity index (χ0n) is 16.0. The second kappa shape index (κ2) is 8.69. The van der Waals surface area contributed by atoms with Crippen LogP contribution < -0.4 is 9.47 Å². The van der Waals surface area contributed by atoms with Crippen LogP contribution in [0.4, 0.5) is 0 Å². The molecule has 2 aromatic rings. The van der Waals surface area contributed by atoms with E-state index in [1.54, 1.807) is 12.1 Å². The number of hydrogen-bond donors (Lipinski definition) is 0. The van der Waals surface area contributed by atoms with E-state index in [4.69, 9.17) is 21.1 Å².